The molecule has 0 amide bonds. The Morgan fingerprint density at radius 1 is 1.18 bits per heavy atom. The topological polar surface area (TPSA) is 52.9 Å². The van der Waals surface area contributed by atoms with Crippen LogP contribution in [0.15, 0.2) is 24.3 Å². The standard InChI is InChI=1S/C12H16FNO3/c13-9-1-3-10(4-2-9)17-6-5-14-7-11(15)12(16)8-14/h1-4,11-12,15-16H,5-8H2. The molecule has 4 nitrogen and oxygen atoms in total. The zero-order chi connectivity index (χ0) is 12.3. The molecule has 0 spiro atoms. The molecule has 1 fully saturated rings. The van der Waals surface area contributed by atoms with Crippen molar-refractivity contribution in [2.24, 2.45) is 0 Å². The largest absolute Gasteiger partial charge is 0.492 e. The quantitative estimate of drug-likeness (QED) is 0.793. The number of ether oxygens (including phenoxy) is 1. The molecule has 1 aliphatic heterocycles. The van der Waals surface area contributed by atoms with Gasteiger partial charge in [-0.05, 0) is 24.3 Å². The van der Waals surface area contributed by atoms with Gasteiger partial charge in [-0.25, -0.2) is 4.39 Å². The van der Waals surface area contributed by atoms with Crippen LogP contribution < -0.4 is 4.74 Å². The lowest BCUT2D eigenvalue weighted by Crippen LogP contribution is -2.27. The highest BCUT2D eigenvalue weighted by Gasteiger charge is 2.28. The molecule has 2 atom stereocenters. The Hall–Kier alpha value is -1.17. The van der Waals surface area contributed by atoms with Gasteiger partial charge in [0.05, 0.1) is 12.2 Å². The third kappa shape index (κ3) is 3.39. The molecular formula is C12H16FNO3. The van der Waals surface area contributed by atoms with Gasteiger partial charge in [0.15, 0.2) is 0 Å². The fraction of sp³-hybridized carbons (Fsp3) is 0.500. The Morgan fingerprint density at radius 3 is 2.35 bits per heavy atom. The zero-order valence-corrected chi connectivity index (χ0v) is 9.42. The van der Waals surface area contributed by atoms with Crippen LogP contribution in [0.1, 0.15) is 0 Å². The highest BCUT2D eigenvalue weighted by atomic mass is 19.1. The number of likely N-dealkylation sites (tertiary alicyclic amines) is 1. The van der Waals surface area contributed by atoms with Crippen LogP contribution in [0.4, 0.5) is 4.39 Å². The number of benzene rings is 1. The molecule has 0 aromatic heterocycles. The Bertz CT molecular complexity index is 347. The number of rotatable bonds is 4. The van der Waals surface area contributed by atoms with Crippen molar-refractivity contribution in [2.75, 3.05) is 26.2 Å². The van der Waals surface area contributed by atoms with Crippen molar-refractivity contribution >= 4 is 0 Å². The normalized spacial score (nSPS) is 25.1. The maximum atomic E-state index is 12.6. The first-order valence-corrected chi connectivity index (χ1v) is 5.62. The number of halogens is 1. The molecule has 17 heavy (non-hydrogen) atoms. The van der Waals surface area contributed by atoms with E-state index in [1.165, 1.54) is 12.1 Å². The maximum Gasteiger partial charge on any atom is 0.123 e. The second kappa shape index (κ2) is 5.44. The van der Waals surface area contributed by atoms with E-state index in [0.29, 0.717) is 32.0 Å². The van der Waals surface area contributed by atoms with E-state index in [2.05, 4.69) is 0 Å². The third-order valence-electron chi connectivity index (χ3n) is 2.82. The van der Waals surface area contributed by atoms with Crippen molar-refractivity contribution in [1.82, 2.24) is 4.90 Å². The van der Waals surface area contributed by atoms with Gasteiger partial charge in [0.2, 0.25) is 0 Å². The molecule has 0 radical (unpaired) electrons. The molecule has 1 aromatic carbocycles. The third-order valence-corrected chi connectivity index (χ3v) is 2.82. The van der Waals surface area contributed by atoms with Gasteiger partial charge in [-0.3, -0.25) is 4.90 Å². The van der Waals surface area contributed by atoms with E-state index >= 15 is 0 Å². The van der Waals surface area contributed by atoms with E-state index in [0.717, 1.165) is 0 Å². The van der Waals surface area contributed by atoms with Gasteiger partial charge in [0.25, 0.3) is 0 Å². The van der Waals surface area contributed by atoms with Crippen LogP contribution in [-0.4, -0.2) is 53.6 Å². The first kappa shape index (κ1) is 12.3. The van der Waals surface area contributed by atoms with Crippen LogP contribution in [0.5, 0.6) is 5.75 Å². The summed E-state index contributed by atoms with van der Waals surface area (Å²) in [5.74, 6) is 0.329. The summed E-state index contributed by atoms with van der Waals surface area (Å²) in [4.78, 5) is 1.93. The van der Waals surface area contributed by atoms with Gasteiger partial charge in [-0.2, -0.15) is 0 Å². The summed E-state index contributed by atoms with van der Waals surface area (Å²) in [7, 11) is 0. The van der Waals surface area contributed by atoms with E-state index in [1.54, 1.807) is 12.1 Å². The zero-order valence-electron chi connectivity index (χ0n) is 9.42. The summed E-state index contributed by atoms with van der Waals surface area (Å²) in [6, 6.07) is 5.84. The fourth-order valence-electron chi connectivity index (χ4n) is 1.85. The molecule has 0 bridgehead atoms. The smallest absolute Gasteiger partial charge is 0.123 e. The molecular weight excluding hydrogens is 225 g/mol. The summed E-state index contributed by atoms with van der Waals surface area (Å²) in [5, 5.41) is 18.7. The molecule has 94 valence electrons. The monoisotopic (exact) mass is 241 g/mol. The van der Waals surface area contributed by atoms with Gasteiger partial charge in [-0.15, -0.1) is 0 Å². The van der Waals surface area contributed by atoms with E-state index in [1.807, 2.05) is 4.90 Å². The highest BCUT2D eigenvalue weighted by molar-refractivity contribution is 5.21. The summed E-state index contributed by atoms with van der Waals surface area (Å²) in [5.41, 5.74) is 0. The Labute approximate surface area is 99.2 Å². The Balaban J connectivity index is 1.71. The van der Waals surface area contributed by atoms with Gasteiger partial charge in [0, 0.05) is 19.6 Å². The predicted molar refractivity (Wildman–Crippen MR) is 60.3 cm³/mol. The molecule has 1 saturated heterocycles. The lowest BCUT2D eigenvalue weighted by molar-refractivity contribution is 0.0572. The first-order chi connectivity index (χ1) is 8.15. The van der Waals surface area contributed by atoms with Crippen molar-refractivity contribution in [3.05, 3.63) is 30.1 Å². The average Bonchev–Trinajstić information content (AvgIpc) is 2.61. The highest BCUT2D eigenvalue weighted by Crippen LogP contribution is 2.12. The van der Waals surface area contributed by atoms with Crippen LogP contribution >= 0.6 is 0 Å². The molecule has 2 N–H and O–H groups in total. The minimum Gasteiger partial charge on any atom is -0.492 e. The summed E-state index contributed by atoms with van der Waals surface area (Å²) < 4.78 is 18.0. The first-order valence-electron chi connectivity index (χ1n) is 5.62. The Kier molecular flexibility index (Phi) is 3.93. The molecule has 2 unspecified atom stereocenters. The molecule has 5 heteroatoms. The number of β-amino-alcohol motifs (C(OH)–C–C–N with tert-alkyl or cyclic N) is 2. The van der Waals surface area contributed by atoms with Crippen LogP contribution in [0.2, 0.25) is 0 Å². The second-order valence-corrected chi connectivity index (χ2v) is 4.20. The fourth-order valence-corrected chi connectivity index (χ4v) is 1.85. The number of aliphatic hydroxyl groups is 2. The minimum atomic E-state index is -0.666. The number of aliphatic hydroxyl groups excluding tert-OH is 2. The molecule has 1 aliphatic rings. The maximum absolute atomic E-state index is 12.6. The van der Waals surface area contributed by atoms with Crippen LogP contribution in [-0.2, 0) is 0 Å². The van der Waals surface area contributed by atoms with E-state index in [9.17, 15) is 14.6 Å². The lowest BCUT2D eigenvalue weighted by Gasteiger charge is -2.14. The van der Waals surface area contributed by atoms with E-state index in [-0.39, 0.29) is 5.82 Å². The molecule has 2 rings (SSSR count). The van der Waals surface area contributed by atoms with Gasteiger partial charge >= 0.3 is 0 Å². The lowest BCUT2D eigenvalue weighted by atomic mass is 10.3. The molecule has 0 saturated carbocycles. The van der Waals surface area contributed by atoms with Crippen molar-refractivity contribution in [3.8, 4) is 5.75 Å². The van der Waals surface area contributed by atoms with E-state index in [4.69, 9.17) is 4.74 Å². The molecule has 0 aliphatic carbocycles. The molecule has 1 aromatic rings. The SMILES string of the molecule is OC1CN(CCOc2ccc(F)cc2)CC1O. The van der Waals surface area contributed by atoms with Gasteiger partial charge < -0.3 is 14.9 Å². The van der Waals surface area contributed by atoms with Crippen molar-refractivity contribution < 1.29 is 19.3 Å². The summed E-state index contributed by atoms with van der Waals surface area (Å²) >= 11 is 0. The van der Waals surface area contributed by atoms with Gasteiger partial charge in [-0.1, -0.05) is 0 Å². The second-order valence-electron chi connectivity index (χ2n) is 4.20. The van der Waals surface area contributed by atoms with Gasteiger partial charge in [0.1, 0.15) is 18.2 Å². The van der Waals surface area contributed by atoms with E-state index < -0.39 is 12.2 Å². The van der Waals surface area contributed by atoms with Crippen molar-refractivity contribution in [2.45, 2.75) is 12.2 Å². The predicted octanol–water partition coefficient (Wildman–Crippen LogP) is 0.242. The number of hydrogen-bond acceptors (Lipinski definition) is 4. The number of hydrogen-bond donors (Lipinski definition) is 2. The van der Waals surface area contributed by atoms with Crippen molar-refractivity contribution in [1.29, 1.82) is 0 Å². The van der Waals surface area contributed by atoms with Crippen molar-refractivity contribution in [3.63, 3.8) is 0 Å². The number of nitrogens with zero attached hydrogens (tertiary/aromatic N) is 1. The average molecular weight is 241 g/mol. The summed E-state index contributed by atoms with van der Waals surface area (Å²) in [6.07, 6.45) is -1.33. The van der Waals surface area contributed by atoms with Crippen LogP contribution in [0.25, 0.3) is 0 Å². The Morgan fingerprint density at radius 2 is 1.76 bits per heavy atom. The van der Waals surface area contributed by atoms with Crippen LogP contribution in [0.3, 0.4) is 0 Å². The summed E-state index contributed by atoms with van der Waals surface area (Å²) in [6.45, 7) is 2.01. The van der Waals surface area contributed by atoms with Crippen LogP contribution in [0, 0.1) is 5.82 Å². The molecule has 1 heterocycles. The minimum absolute atomic E-state index is 0.289.